The maximum absolute atomic E-state index is 13.4. The maximum Gasteiger partial charge on any atom is 0.338 e. The summed E-state index contributed by atoms with van der Waals surface area (Å²) in [5.41, 5.74) is 1.01. The van der Waals surface area contributed by atoms with E-state index in [0.717, 1.165) is 9.64 Å². The van der Waals surface area contributed by atoms with Crippen LogP contribution < -0.4 is 0 Å². The number of rotatable bonds is 4. The SMILES string of the molecule is Cc1ccc(C(=O)OCC(=O)c2ccc(I)cc2)cc1F. The third kappa shape index (κ3) is 4.10. The molecule has 3 nitrogen and oxygen atoms in total. The average molecular weight is 398 g/mol. The van der Waals surface area contributed by atoms with E-state index < -0.39 is 11.8 Å². The van der Waals surface area contributed by atoms with Crippen LogP contribution in [0, 0.1) is 16.3 Å². The highest BCUT2D eigenvalue weighted by Gasteiger charge is 2.13. The molecule has 0 bridgehead atoms. The Kier molecular flexibility index (Phi) is 5.06. The summed E-state index contributed by atoms with van der Waals surface area (Å²) in [6.07, 6.45) is 0. The zero-order valence-electron chi connectivity index (χ0n) is 11.2. The second-order valence-electron chi connectivity index (χ2n) is 4.47. The first-order valence-corrected chi connectivity index (χ1v) is 7.27. The lowest BCUT2D eigenvalue weighted by Crippen LogP contribution is -2.14. The molecule has 0 heterocycles. The minimum absolute atomic E-state index is 0.0912. The van der Waals surface area contributed by atoms with E-state index in [0.29, 0.717) is 11.1 Å². The first kappa shape index (κ1) is 15.6. The second kappa shape index (κ2) is 6.80. The number of carbonyl (C=O) groups is 2. The predicted molar refractivity (Wildman–Crippen MR) is 84.9 cm³/mol. The largest absolute Gasteiger partial charge is 0.454 e. The Morgan fingerprint density at radius 2 is 1.71 bits per heavy atom. The number of ether oxygens (including phenoxy) is 1. The Balaban J connectivity index is 1.98. The van der Waals surface area contributed by atoms with Crippen molar-refractivity contribution in [1.82, 2.24) is 0 Å². The predicted octanol–water partition coefficient (Wildman–Crippen LogP) is 3.78. The molecule has 5 heteroatoms. The summed E-state index contributed by atoms with van der Waals surface area (Å²) in [7, 11) is 0. The molecule has 0 saturated heterocycles. The highest BCUT2D eigenvalue weighted by atomic mass is 127. The van der Waals surface area contributed by atoms with E-state index in [2.05, 4.69) is 22.6 Å². The zero-order chi connectivity index (χ0) is 15.4. The van der Waals surface area contributed by atoms with Crippen LogP contribution in [0.25, 0.3) is 0 Å². The molecule has 0 radical (unpaired) electrons. The minimum atomic E-state index is -0.715. The molecule has 2 aromatic rings. The molecular formula is C16H12FIO3. The van der Waals surface area contributed by atoms with Crippen LogP contribution in [-0.2, 0) is 4.74 Å². The zero-order valence-corrected chi connectivity index (χ0v) is 13.4. The molecule has 0 amide bonds. The van der Waals surface area contributed by atoms with Crippen molar-refractivity contribution in [2.24, 2.45) is 0 Å². The van der Waals surface area contributed by atoms with E-state index in [4.69, 9.17) is 4.74 Å². The van der Waals surface area contributed by atoms with Crippen molar-refractivity contribution in [2.75, 3.05) is 6.61 Å². The molecule has 0 spiro atoms. The number of aryl methyl sites for hydroxylation is 1. The monoisotopic (exact) mass is 398 g/mol. The second-order valence-corrected chi connectivity index (χ2v) is 5.72. The fourth-order valence-electron chi connectivity index (χ4n) is 1.65. The Morgan fingerprint density at radius 1 is 1.10 bits per heavy atom. The average Bonchev–Trinajstić information content (AvgIpc) is 2.48. The quantitative estimate of drug-likeness (QED) is 0.448. The molecule has 0 fully saturated rings. The smallest absolute Gasteiger partial charge is 0.338 e. The van der Waals surface area contributed by atoms with E-state index in [-0.39, 0.29) is 18.0 Å². The molecule has 0 aromatic heterocycles. The summed E-state index contributed by atoms with van der Waals surface area (Å²) in [6, 6.07) is 11.0. The fourth-order valence-corrected chi connectivity index (χ4v) is 2.01. The summed E-state index contributed by atoms with van der Waals surface area (Å²) in [5, 5.41) is 0. The van der Waals surface area contributed by atoms with Gasteiger partial charge in [0, 0.05) is 9.13 Å². The van der Waals surface area contributed by atoms with Crippen molar-refractivity contribution in [2.45, 2.75) is 6.92 Å². The van der Waals surface area contributed by atoms with Gasteiger partial charge in [-0.1, -0.05) is 18.2 Å². The van der Waals surface area contributed by atoms with Crippen LogP contribution in [-0.4, -0.2) is 18.4 Å². The van der Waals surface area contributed by atoms with Crippen LogP contribution in [0.1, 0.15) is 26.3 Å². The van der Waals surface area contributed by atoms with Crippen LogP contribution in [0.15, 0.2) is 42.5 Å². The molecule has 0 aliphatic carbocycles. The van der Waals surface area contributed by atoms with Crippen molar-refractivity contribution in [1.29, 1.82) is 0 Å². The van der Waals surface area contributed by atoms with Gasteiger partial charge >= 0.3 is 5.97 Å². The number of esters is 1. The van der Waals surface area contributed by atoms with Crippen molar-refractivity contribution in [3.8, 4) is 0 Å². The van der Waals surface area contributed by atoms with Gasteiger partial charge < -0.3 is 4.74 Å². The Hall–Kier alpha value is -1.76. The van der Waals surface area contributed by atoms with Gasteiger partial charge in [0.15, 0.2) is 12.4 Å². The van der Waals surface area contributed by atoms with Gasteiger partial charge in [0.1, 0.15) is 5.82 Å². The number of benzene rings is 2. The van der Waals surface area contributed by atoms with Gasteiger partial charge in [0.05, 0.1) is 5.56 Å². The number of ketones is 1. The van der Waals surface area contributed by atoms with Crippen molar-refractivity contribution in [3.63, 3.8) is 0 Å². The topological polar surface area (TPSA) is 43.4 Å². The molecule has 2 aromatic carbocycles. The Bertz CT molecular complexity index is 680. The number of hydrogen-bond acceptors (Lipinski definition) is 3. The fraction of sp³-hybridized carbons (Fsp3) is 0.125. The lowest BCUT2D eigenvalue weighted by molar-refractivity contribution is 0.0474. The van der Waals surface area contributed by atoms with Gasteiger partial charge in [-0.05, 0) is 59.3 Å². The first-order chi connectivity index (χ1) is 9.97. The van der Waals surface area contributed by atoms with Crippen LogP contribution in [0.5, 0.6) is 0 Å². The molecule has 0 atom stereocenters. The van der Waals surface area contributed by atoms with Crippen molar-refractivity contribution >= 4 is 34.3 Å². The molecule has 108 valence electrons. The van der Waals surface area contributed by atoms with Crippen molar-refractivity contribution in [3.05, 3.63) is 68.5 Å². The third-order valence-electron chi connectivity index (χ3n) is 2.91. The van der Waals surface area contributed by atoms with Gasteiger partial charge in [0.2, 0.25) is 0 Å². The van der Waals surface area contributed by atoms with Gasteiger partial charge in [-0.25, -0.2) is 9.18 Å². The number of halogens is 2. The van der Waals surface area contributed by atoms with Crippen molar-refractivity contribution < 1.29 is 18.7 Å². The standard InChI is InChI=1S/C16H12FIO3/c1-10-2-3-12(8-14(10)17)16(20)21-9-15(19)11-4-6-13(18)7-5-11/h2-8H,9H2,1H3. The normalized spacial score (nSPS) is 10.2. The van der Waals surface area contributed by atoms with E-state index in [9.17, 15) is 14.0 Å². The van der Waals surface area contributed by atoms with Crippen LogP contribution >= 0.6 is 22.6 Å². The first-order valence-electron chi connectivity index (χ1n) is 6.19. The van der Waals surface area contributed by atoms with Crippen LogP contribution in [0.3, 0.4) is 0 Å². The molecule has 21 heavy (non-hydrogen) atoms. The van der Waals surface area contributed by atoms with Gasteiger partial charge in [-0.15, -0.1) is 0 Å². The number of hydrogen-bond donors (Lipinski definition) is 0. The lowest BCUT2D eigenvalue weighted by atomic mass is 10.1. The summed E-state index contributed by atoms with van der Waals surface area (Å²) in [4.78, 5) is 23.6. The van der Waals surface area contributed by atoms with Gasteiger partial charge in [-0.3, -0.25) is 4.79 Å². The molecule has 0 unspecified atom stereocenters. The lowest BCUT2D eigenvalue weighted by Gasteiger charge is -2.05. The Morgan fingerprint density at radius 3 is 2.33 bits per heavy atom. The van der Waals surface area contributed by atoms with E-state index in [1.807, 2.05) is 0 Å². The summed E-state index contributed by atoms with van der Waals surface area (Å²) >= 11 is 2.13. The molecular weight excluding hydrogens is 386 g/mol. The highest BCUT2D eigenvalue weighted by molar-refractivity contribution is 14.1. The molecule has 0 aliphatic rings. The minimum Gasteiger partial charge on any atom is -0.454 e. The summed E-state index contributed by atoms with van der Waals surface area (Å²) in [6.45, 7) is 1.24. The molecule has 0 aliphatic heterocycles. The van der Waals surface area contributed by atoms with E-state index in [1.165, 1.54) is 12.1 Å². The molecule has 2 rings (SSSR count). The molecule has 0 saturated carbocycles. The van der Waals surface area contributed by atoms with E-state index >= 15 is 0 Å². The van der Waals surface area contributed by atoms with Crippen LogP contribution in [0.2, 0.25) is 0 Å². The highest BCUT2D eigenvalue weighted by Crippen LogP contribution is 2.11. The summed E-state index contributed by atoms with van der Waals surface area (Å²) < 4.78 is 19.3. The maximum atomic E-state index is 13.4. The number of carbonyl (C=O) groups excluding carboxylic acids is 2. The van der Waals surface area contributed by atoms with Gasteiger partial charge in [0.25, 0.3) is 0 Å². The summed E-state index contributed by atoms with van der Waals surface area (Å²) in [5.74, 6) is -1.49. The Labute approximate surface area is 135 Å². The van der Waals surface area contributed by atoms with Crippen LogP contribution in [0.4, 0.5) is 4.39 Å². The third-order valence-corrected chi connectivity index (χ3v) is 3.63. The van der Waals surface area contributed by atoms with E-state index in [1.54, 1.807) is 31.2 Å². The number of Topliss-reactive ketones (excluding diaryl/α,β-unsaturated/α-hetero) is 1. The van der Waals surface area contributed by atoms with Gasteiger partial charge in [-0.2, -0.15) is 0 Å². The molecule has 0 N–H and O–H groups in total.